The predicted molar refractivity (Wildman–Crippen MR) is 91.1 cm³/mol. The summed E-state index contributed by atoms with van der Waals surface area (Å²) in [5.41, 5.74) is 0.611. The van der Waals surface area contributed by atoms with Gasteiger partial charge in [-0.1, -0.05) is 6.92 Å². The van der Waals surface area contributed by atoms with Crippen LogP contribution in [0.4, 0.5) is 0 Å². The molecular formula is C16H23N3O4S. The second kappa shape index (κ2) is 8.79. The maximum absolute atomic E-state index is 11.9. The fourth-order valence-corrected chi connectivity index (χ4v) is 3.40. The van der Waals surface area contributed by atoms with Crippen molar-refractivity contribution in [2.75, 3.05) is 19.6 Å². The summed E-state index contributed by atoms with van der Waals surface area (Å²) in [6, 6.07) is 2.05. The smallest absolute Gasteiger partial charge is 0.317 e. The van der Waals surface area contributed by atoms with Gasteiger partial charge in [0.1, 0.15) is 0 Å². The quantitative estimate of drug-likeness (QED) is 0.613. The largest absolute Gasteiger partial charge is 0.480 e. The monoisotopic (exact) mass is 353 g/mol. The lowest BCUT2D eigenvalue weighted by atomic mass is 9.85. The van der Waals surface area contributed by atoms with Crippen LogP contribution in [0, 0.1) is 0 Å². The molecule has 1 heterocycles. The molecule has 0 atom stereocenters. The Labute approximate surface area is 145 Å². The number of rotatable bonds is 9. The maximum Gasteiger partial charge on any atom is 0.317 e. The Morgan fingerprint density at radius 2 is 2.12 bits per heavy atom. The Kier molecular flexibility index (Phi) is 6.74. The minimum atomic E-state index is -0.828. The highest BCUT2D eigenvalue weighted by Crippen LogP contribution is 2.25. The van der Waals surface area contributed by atoms with Gasteiger partial charge in [-0.2, -0.15) is 11.3 Å². The fourth-order valence-electron chi connectivity index (χ4n) is 2.76. The van der Waals surface area contributed by atoms with Crippen molar-refractivity contribution in [1.29, 1.82) is 0 Å². The van der Waals surface area contributed by atoms with Gasteiger partial charge in [0.25, 0.3) is 5.91 Å². The first-order chi connectivity index (χ1) is 11.5. The van der Waals surface area contributed by atoms with E-state index in [-0.39, 0.29) is 36.9 Å². The van der Waals surface area contributed by atoms with Gasteiger partial charge in [-0.3, -0.25) is 19.3 Å². The molecule has 132 valence electrons. The third-order valence-electron chi connectivity index (χ3n) is 4.16. The number of aliphatic carboxylic acids is 1. The first-order valence-electron chi connectivity index (χ1n) is 8.05. The van der Waals surface area contributed by atoms with Crippen LogP contribution < -0.4 is 10.6 Å². The van der Waals surface area contributed by atoms with Crippen molar-refractivity contribution in [1.82, 2.24) is 15.5 Å². The molecule has 1 fully saturated rings. The number of hydrogen-bond donors (Lipinski definition) is 3. The molecule has 0 saturated heterocycles. The van der Waals surface area contributed by atoms with Gasteiger partial charge in [-0.15, -0.1) is 0 Å². The Balaban J connectivity index is 1.60. The van der Waals surface area contributed by atoms with E-state index < -0.39 is 5.97 Å². The Bertz CT molecular complexity index is 570. The molecule has 0 radical (unpaired) electrons. The molecule has 1 aliphatic carbocycles. The first kappa shape index (κ1) is 18.4. The minimum Gasteiger partial charge on any atom is -0.480 e. The molecular weight excluding hydrogens is 330 g/mol. The molecule has 0 bridgehead atoms. The zero-order valence-corrected chi connectivity index (χ0v) is 14.5. The number of carbonyl (C=O) groups is 3. The summed E-state index contributed by atoms with van der Waals surface area (Å²) >= 11 is 1.45. The van der Waals surface area contributed by atoms with Crippen molar-refractivity contribution in [3.63, 3.8) is 0 Å². The van der Waals surface area contributed by atoms with E-state index >= 15 is 0 Å². The third-order valence-corrected chi connectivity index (χ3v) is 4.84. The molecule has 8 heteroatoms. The lowest BCUT2D eigenvalue weighted by Crippen LogP contribution is -2.55. The van der Waals surface area contributed by atoms with Crippen molar-refractivity contribution in [2.24, 2.45) is 0 Å². The van der Waals surface area contributed by atoms with Crippen LogP contribution in [-0.4, -0.2) is 59.5 Å². The maximum atomic E-state index is 11.9. The van der Waals surface area contributed by atoms with Crippen molar-refractivity contribution >= 4 is 29.1 Å². The van der Waals surface area contributed by atoms with E-state index in [9.17, 15) is 14.4 Å². The number of thiophene rings is 1. The number of hydrogen-bond acceptors (Lipinski definition) is 5. The van der Waals surface area contributed by atoms with E-state index in [2.05, 4.69) is 10.6 Å². The third kappa shape index (κ3) is 5.31. The van der Waals surface area contributed by atoms with E-state index in [1.165, 1.54) is 11.3 Å². The van der Waals surface area contributed by atoms with Crippen LogP contribution in [0.5, 0.6) is 0 Å². The second-order valence-corrected chi connectivity index (χ2v) is 6.64. The van der Waals surface area contributed by atoms with E-state index in [0.717, 1.165) is 12.8 Å². The molecule has 2 rings (SSSR count). The van der Waals surface area contributed by atoms with Crippen LogP contribution in [0.15, 0.2) is 16.8 Å². The molecule has 3 N–H and O–H groups in total. The predicted octanol–water partition coefficient (Wildman–Crippen LogP) is 0.922. The molecule has 0 unspecified atom stereocenters. The average molecular weight is 353 g/mol. The summed E-state index contributed by atoms with van der Waals surface area (Å²) in [5, 5.41) is 18.1. The van der Waals surface area contributed by atoms with E-state index in [1.807, 2.05) is 17.2 Å². The van der Waals surface area contributed by atoms with Gasteiger partial charge < -0.3 is 15.7 Å². The molecule has 0 aliphatic heterocycles. The van der Waals surface area contributed by atoms with Crippen LogP contribution in [-0.2, 0) is 9.59 Å². The first-order valence-corrected chi connectivity index (χ1v) is 8.99. The molecule has 1 aromatic rings. The summed E-state index contributed by atoms with van der Waals surface area (Å²) in [7, 11) is 0. The van der Waals surface area contributed by atoms with Crippen molar-refractivity contribution in [3.05, 3.63) is 22.4 Å². The second-order valence-electron chi connectivity index (χ2n) is 5.86. The molecule has 0 aromatic carbocycles. The molecule has 2 amide bonds. The molecule has 1 saturated carbocycles. The highest BCUT2D eigenvalue weighted by atomic mass is 32.1. The van der Waals surface area contributed by atoms with Crippen LogP contribution >= 0.6 is 11.3 Å². The van der Waals surface area contributed by atoms with Gasteiger partial charge in [-0.05, 0) is 30.8 Å². The Morgan fingerprint density at radius 1 is 1.38 bits per heavy atom. The lowest BCUT2D eigenvalue weighted by Gasteiger charge is -2.42. The number of carboxylic acid groups (broad SMARTS) is 1. The van der Waals surface area contributed by atoms with Gasteiger partial charge in [0.15, 0.2) is 0 Å². The Hall–Kier alpha value is -1.93. The topological polar surface area (TPSA) is 98.7 Å². The zero-order chi connectivity index (χ0) is 17.5. The van der Waals surface area contributed by atoms with E-state index in [4.69, 9.17) is 5.11 Å². The van der Waals surface area contributed by atoms with Crippen molar-refractivity contribution in [3.8, 4) is 0 Å². The summed E-state index contributed by atoms with van der Waals surface area (Å²) < 4.78 is 0. The summed E-state index contributed by atoms with van der Waals surface area (Å²) in [5.74, 6) is -1.09. The molecule has 7 nitrogen and oxygen atoms in total. The van der Waals surface area contributed by atoms with Gasteiger partial charge >= 0.3 is 5.97 Å². The number of amides is 2. The summed E-state index contributed by atoms with van der Waals surface area (Å²) in [6.07, 6.45) is 1.78. The van der Waals surface area contributed by atoms with E-state index in [0.29, 0.717) is 18.7 Å². The van der Waals surface area contributed by atoms with Crippen LogP contribution in [0.1, 0.15) is 36.5 Å². The lowest BCUT2D eigenvalue weighted by molar-refractivity contribution is -0.139. The Morgan fingerprint density at radius 3 is 2.71 bits per heavy atom. The average Bonchev–Trinajstić information content (AvgIpc) is 3.02. The number of carboxylic acids is 1. The molecule has 1 aliphatic rings. The van der Waals surface area contributed by atoms with Crippen LogP contribution in [0.25, 0.3) is 0 Å². The SMILES string of the molecule is CCN(CC(=O)O)C1CC(NC(=O)CCNC(=O)c2ccsc2)C1. The standard InChI is InChI=1S/C16H23N3O4S/c1-2-19(9-15(21)22)13-7-12(8-13)18-14(20)3-5-17-16(23)11-4-6-24-10-11/h4,6,10,12-13H,2-3,5,7-9H2,1H3,(H,17,23)(H,18,20)(H,21,22). The molecule has 1 aromatic heterocycles. The highest BCUT2D eigenvalue weighted by molar-refractivity contribution is 7.08. The van der Waals surface area contributed by atoms with Crippen molar-refractivity contribution in [2.45, 2.75) is 38.3 Å². The minimum absolute atomic E-state index is 0.0381. The van der Waals surface area contributed by atoms with Gasteiger partial charge in [0, 0.05) is 36.0 Å². The highest BCUT2D eigenvalue weighted by Gasteiger charge is 2.34. The van der Waals surface area contributed by atoms with Gasteiger partial charge in [0.05, 0.1) is 6.54 Å². The number of nitrogens with one attached hydrogen (secondary N) is 2. The zero-order valence-electron chi connectivity index (χ0n) is 13.7. The van der Waals surface area contributed by atoms with Crippen molar-refractivity contribution < 1.29 is 19.5 Å². The van der Waals surface area contributed by atoms with Crippen LogP contribution in [0.2, 0.25) is 0 Å². The fraction of sp³-hybridized carbons (Fsp3) is 0.562. The van der Waals surface area contributed by atoms with Crippen LogP contribution in [0.3, 0.4) is 0 Å². The number of carbonyl (C=O) groups excluding carboxylic acids is 2. The normalized spacial score (nSPS) is 19.6. The molecule has 24 heavy (non-hydrogen) atoms. The summed E-state index contributed by atoms with van der Waals surface area (Å²) in [4.78, 5) is 36.3. The molecule has 0 spiro atoms. The van der Waals surface area contributed by atoms with Gasteiger partial charge in [-0.25, -0.2) is 0 Å². The summed E-state index contributed by atoms with van der Waals surface area (Å²) in [6.45, 7) is 2.96. The van der Waals surface area contributed by atoms with E-state index in [1.54, 1.807) is 11.4 Å². The van der Waals surface area contributed by atoms with Gasteiger partial charge in [0.2, 0.25) is 5.91 Å². The number of likely N-dealkylation sites (N-methyl/N-ethyl adjacent to an activating group) is 1. The number of nitrogens with zero attached hydrogens (tertiary/aromatic N) is 1.